The van der Waals surface area contributed by atoms with Gasteiger partial charge in [-0.2, -0.15) is 0 Å². The van der Waals surface area contributed by atoms with Crippen LogP contribution in [0.5, 0.6) is 0 Å². The Morgan fingerprint density at radius 1 is 1.35 bits per heavy atom. The monoisotopic (exact) mass is 261 g/mol. The fourth-order valence-corrected chi connectivity index (χ4v) is 4.23. The Hall–Kier alpha value is -1.26. The summed E-state index contributed by atoms with van der Waals surface area (Å²) in [6.07, 6.45) is 0. The Bertz CT molecular complexity index is 616. The van der Waals surface area contributed by atoms with E-state index in [-0.39, 0.29) is 5.91 Å². The summed E-state index contributed by atoms with van der Waals surface area (Å²) in [7, 11) is 0. The average Bonchev–Trinajstić information content (AvgIpc) is 2.73. The van der Waals surface area contributed by atoms with Crippen molar-refractivity contribution in [2.45, 2.75) is 17.6 Å². The maximum Gasteiger partial charge on any atom is 0.258 e. The third-order valence-corrected chi connectivity index (χ3v) is 5.16. The van der Waals surface area contributed by atoms with Crippen molar-refractivity contribution in [1.29, 1.82) is 0 Å². The summed E-state index contributed by atoms with van der Waals surface area (Å²) in [5.41, 5.74) is 9.06. The summed E-state index contributed by atoms with van der Waals surface area (Å²) < 4.78 is 0. The summed E-state index contributed by atoms with van der Waals surface area (Å²) >= 11 is 3.33. The molecule has 4 heteroatoms. The number of nitrogens with two attached hydrogens (primary N) is 1. The molecule has 1 aliphatic heterocycles. The lowest BCUT2D eigenvalue weighted by atomic mass is 10.1. The molecule has 1 aromatic heterocycles. The lowest BCUT2D eigenvalue weighted by Crippen LogP contribution is -2.08. The average molecular weight is 261 g/mol. The molecule has 2 nitrogen and oxygen atoms in total. The van der Waals surface area contributed by atoms with E-state index in [4.69, 9.17) is 5.73 Å². The number of amides is 1. The van der Waals surface area contributed by atoms with Crippen LogP contribution in [0.4, 0.5) is 0 Å². The summed E-state index contributed by atoms with van der Waals surface area (Å²) in [6.45, 7) is 2.09. The highest BCUT2D eigenvalue weighted by molar-refractivity contribution is 7.98. The SMILES string of the molecule is Cc1ccc2c(c1)-c1sc(C(N)=O)cc1CS2. The van der Waals surface area contributed by atoms with Crippen LogP contribution in [0.3, 0.4) is 0 Å². The molecule has 1 aromatic carbocycles. The predicted octanol–water partition coefficient (Wildman–Crippen LogP) is 3.43. The van der Waals surface area contributed by atoms with E-state index in [1.807, 2.05) is 17.8 Å². The number of thiophene rings is 1. The van der Waals surface area contributed by atoms with Crippen molar-refractivity contribution in [3.8, 4) is 10.4 Å². The number of benzene rings is 1. The third-order valence-electron chi connectivity index (χ3n) is 2.81. The molecule has 0 atom stereocenters. The van der Waals surface area contributed by atoms with Crippen LogP contribution in [0.2, 0.25) is 0 Å². The number of thioether (sulfide) groups is 1. The van der Waals surface area contributed by atoms with Gasteiger partial charge in [0.25, 0.3) is 5.91 Å². The van der Waals surface area contributed by atoms with Crippen LogP contribution in [-0.2, 0) is 5.75 Å². The maximum atomic E-state index is 11.2. The van der Waals surface area contributed by atoms with Crippen LogP contribution in [0, 0.1) is 6.92 Å². The number of carbonyl (C=O) groups excluding carboxylic acids is 1. The summed E-state index contributed by atoms with van der Waals surface area (Å²) in [6, 6.07) is 8.39. The van der Waals surface area contributed by atoms with Crippen LogP contribution in [0.1, 0.15) is 20.8 Å². The number of hydrogen-bond acceptors (Lipinski definition) is 3. The molecule has 0 unspecified atom stereocenters. The van der Waals surface area contributed by atoms with Crippen molar-refractivity contribution in [2.24, 2.45) is 5.73 Å². The molecule has 1 aliphatic rings. The van der Waals surface area contributed by atoms with Gasteiger partial charge < -0.3 is 5.73 Å². The number of aryl methyl sites for hydroxylation is 1. The zero-order valence-electron chi connectivity index (χ0n) is 9.32. The van der Waals surface area contributed by atoms with Crippen LogP contribution < -0.4 is 5.73 Å². The van der Waals surface area contributed by atoms with Gasteiger partial charge in [0.05, 0.1) is 4.88 Å². The number of carbonyl (C=O) groups is 1. The molecule has 0 saturated carbocycles. The summed E-state index contributed by atoms with van der Waals surface area (Å²) in [5, 5.41) is 0. The van der Waals surface area contributed by atoms with Gasteiger partial charge in [-0.05, 0) is 30.7 Å². The van der Waals surface area contributed by atoms with Crippen LogP contribution in [0.25, 0.3) is 10.4 Å². The van der Waals surface area contributed by atoms with Crippen LogP contribution in [-0.4, -0.2) is 5.91 Å². The molecule has 2 heterocycles. The van der Waals surface area contributed by atoms with Gasteiger partial charge in [0.1, 0.15) is 0 Å². The Morgan fingerprint density at radius 2 is 2.18 bits per heavy atom. The van der Waals surface area contributed by atoms with E-state index in [0.29, 0.717) is 4.88 Å². The minimum Gasteiger partial charge on any atom is -0.365 e. The van der Waals surface area contributed by atoms with Crippen LogP contribution >= 0.6 is 23.1 Å². The fourth-order valence-electron chi connectivity index (χ4n) is 1.99. The molecule has 2 N–H and O–H groups in total. The van der Waals surface area contributed by atoms with Crippen molar-refractivity contribution < 1.29 is 4.79 Å². The molecule has 0 aliphatic carbocycles. The van der Waals surface area contributed by atoms with E-state index < -0.39 is 0 Å². The quantitative estimate of drug-likeness (QED) is 0.854. The first-order valence-corrected chi connectivity index (χ1v) is 7.11. The lowest BCUT2D eigenvalue weighted by Gasteiger charge is -2.15. The molecule has 0 bridgehead atoms. The first-order chi connectivity index (χ1) is 8.15. The van der Waals surface area contributed by atoms with Crippen molar-refractivity contribution in [3.63, 3.8) is 0 Å². The van der Waals surface area contributed by atoms with E-state index in [0.717, 1.165) is 5.75 Å². The lowest BCUT2D eigenvalue weighted by molar-refractivity contribution is 0.100. The first kappa shape index (κ1) is 10.9. The Kier molecular flexibility index (Phi) is 2.49. The normalized spacial score (nSPS) is 13.0. The molecule has 0 spiro atoms. The highest BCUT2D eigenvalue weighted by Gasteiger charge is 2.21. The molecule has 2 aromatic rings. The number of primary amides is 1. The van der Waals surface area contributed by atoms with Crippen molar-refractivity contribution in [1.82, 2.24) is 0 Å². The minimum absolute atomic E-state index is 0.330. The highest BCUT2D eigenvalue weighted by Crippen LogP contribution is 2.45. The molecule has 1 amide bonds. The Balaban J connectivity index is 2.21. The van der Waals surface area contributed by atoms with Gasteiger partial charge in [-0.15, -0.1) is 23.1 Å². The van der Waals surface area contributed by atoms with E-state index >= 15 is 0 Å². The number of rotatable bonds is 1. The zero-order valence-corrected chi connectivity index (χ0v) is 11.0. The van der Waals surface area contributed by atoms with Gasteiger partial charge in [-0.3, -0.25) is 4.79 Å². The van der Waals surface area contributed by atoms with Gasteiger partial charge >= 0.3 is 0 Å². The first-order valence-electron chi connectivity index (χ1n) is 5.31. The zero-order chi connectivity index (χ0) is 12.0. The minimum atomic E-state index is -0.330. The second-order valence-corrected chi connectivity index (χ2v) is 6.19. The van der Waals surface area contributed by atoms with Gasteiger partial charge in [-0.1, -0.05) is 11.6 Å². The largest absolute Gasteiger partial charge is 0.365 e. The molecule has 0 fully saturated rings. The predicted molar refractivity (Wildman–Crippen MR) is 72.6 cm³/mol. The van der Waals surface area contributed by atoms with Gasteiger partial charge in [0.15, 0.2) is 0 Å². The smallest absolute Gasteiger partial charge is 0.258 e. The van der Waals surface area contributed by atoms with E-state index in [1.54, 1.807) is 0 Å². The summed E-state index contributed by atoms with van der Waals surface area (Å²) in [4.78, 5) is 14.4. The summed E-state index contributed by atoms with van der Waals surface area (Å²) in [5.74, 6) is 0.596. The van der Waals surface area contributed by atoms with Gasteiger partial charge in [-0.25, -0.2) is 0 Å². The highest BCUT2D eigenvalue weighted by atomic mass is 32.2. The second-order valence-electron chi connectivity index (χ2n) is 4.12. The van der Waals surface area contributed by atoms with E-state index in [9.17, 15) is 4.79 Å². The van der Waals surface area contributed by atoms with Crippen LogP contribution in [0.15, 0.2) is 29.2 Å². The Morgan fingerprint density at radius 3 is 2.94 bits per heavy atom. The molecule has 3 rings (SSSR count). The standard InChI is InChI=1S/C13H11NOS2/c1-7-2-3-10-9(4-7)12-8(6-16-10)5-11(17-12)13(14)15/h2-5H,6H2,1H3,(H2,14,15). The molecular formula is C13H11NOS2. The number of fused-ring (bicyclic) bond motifs is 3. The molecular weight excluding hydrogens is 250 g/mol. The van der Waals surface area contributed by atoms with Crippen molar-refractivity contribution in [3.05, 3.63) is 40.3 Å². The van der Waals surface area contributed by atoms with Crippen molar-refractivity contribution >= 4 is 29.0 Å². The Labute approximate surface area is 108 Å². The van der Waals surface area contributed by atoms with Crippen molar-refractivity contribution in [2.75, 3.05) is 0 Å². The van der Waals surface area contributed by atoms with Gasteiger partial charge in [0.2, 0.25) is 0 Å². The van der Waals surface area contributed by atoms with E-state index in [1.165, 1.54) is 37.8 Å². The third kappa shape index (κ3) is 1.77. The molecule has 86 valence electrons. The fraction of sp³-hybridized carbons (Fsp3) is 0.154. The number of hydrogen-bond donors (Lipinski definition) is 1. The van der Waals surface area contributed by atoms with E-state index in [2.05, 4.69) is 25.1 Å². The topological polar surface area (TPSA) is 43.1 Å². The second kappa shape index (κ2) is 3.89. The molecule has 0 radical (unpaired) electrons. The van der Waals surface area contributed by atoms with Gasteiger partial charge in [0, 0.05) is 21.1 Å². The molecule has 0 saturated heterocycles. The maximum absolute atomic E-state index is 11.2. The molecule has 17 heavy (non-hydrogen) atoms.